The van der Waals surface area contributed by atoms with Crippen LogP contribution in [0, 0.1) is 0 Å². The third-order valence-electron chi connectivity index (χ3n) is 7.12. The van der Waals surface area contributed by atoms with Crippen LogP contribution in [0.1, 0.15) is 150 Å². The van der Waals surface area contributed by atoms with E-state index in [9.17, 15) is 22.6 Å². The lowest BCUT2D eigenvalue weighted by atomic mass is 10.0. The van der Waals surface area contributed by atoms with E-state index in [1.54, 1.807) is 19.1 Å². The number of carbonyl (C=O) groups is 2. The van der Waals surface area contributed by atoms with Gasteiger partial charge >= 0.3 is 11.9 Å². The van der Waals surface area contributed by atoms with Crippen molar-refractivity contribution >= 4 is 22.1 Å². The van der Waals surface area contributed by atoms with Gasteiger partial charge in [-0.1, -0.05) is 129 Å². The van der Waals surface area contributed by atoms with Gasteiger partial charge in [0.05, 0.1) is 17.7 Å². The first kappa shape index (κ1) is 35.1. The van der Waals surface area contributed by atoms with Gasteiger partial charge in [-0.05, 0) is 25.0 Å². The Kier molecular flexibility index (Phi) is 19.7. The second kappa shape index (κ2) is 21.8. The zero-order valence-corrected chi connectivity index (χ0v) is 25.2. The largest absolute Gasteiger partial charge is 0.462 e. The maximum atomic E-state index is 12.5. The number of carbonyl (C=O) groups excluding carboxylic acids is 2. The van der Waals surface area contributed by atoms with E-state index in [1.165, 1.54) is 102 Å². The smallest absolute Gasteiger partial charge is 0.339 e. The molecular weight excluding hydrogens is 516 g/mol. The molecule has 1 unspecified atom stereocenters. The summed E-state index contributed by atoms with van der Waals surface area (Å²) >= 11 is 0. The molecule has 0 spiro atoms. The standard InChI is InChI=1S/C31H52O7S/c1-3-5-6-7-8-9-10-11-12-13-14-15-16-17-18-19-22-25-37-30(32)28-23-20-21-24-29(28)31(33)38-26-27(4-2)39(34,35)36/h20-21,23-24,27H,3-19,22,25-26H2,1-2H3,(H,34,35,36). The van der Waals surface area contributed by atoms with Crippen LogP contribution in [0.15, 0.2) is 24.3 Å². The third kappa shape index (κ3) is 16.7. The van der Waals surface area contributed by atoms with Crippen molar-refractivity contribution in [2.45, 2.75) is 135 Å². The first-order valence-corrected chi connectivity index (χ1v) is 16.7. The van der Waals surface area contributed by atoms with Gasteiger partial charge in [0.25, 0.3) is 10.1 Å². The molecule has 1 atom stereocenters. The van der Waals surface area contributed by atoms with Crippen LogP contribution in [0.25, 0.3) is 0 Å². The van der Waals surface area contributed by atoms with E-state index >= 15 is 0 Å². The van der Waals surface area contributed by atoms with Crippen molar-refractivity contribution in [2.24, 2.45) is 0 Å². The Balaban J connectivity index is 2.12. The van der Waals surface area contributed by atoms with Gasteiger partial charge in [-0.25, -0.2) is 9.59 Å². The zero-order valence-electron chi connectivity index (χ0n) is 24.3. The minimum Gasteiger partial charge on any atom is -0.462 e. The zero-order chi connectivity index (χ0) is 28.8. The highest BCUT2D eigenvalue weighted by atomic mass is 32.2. The molecule has 0 heterocycles. The molecule has 0 saturated carbocycles. The third-order valence-corrected chi connectivity index (χ3v) is 8.44. The van der Waals surface area contributed by atoms with Crippen LogP contribution in [0.5, 0.6) is 0 Å². The first-order chi connectivity index (χ1) is 18.8. The van der Waals surface area contributed by atoms with Crippen molar-refractivity contribution in [3.8, 4) is 0 Å². The quantitative estimate of drug-likeness (QED) is 0.0759. The SMILES string of the molecule is CCCCCCCCCCCCCCCCCCCOC(=O)c1ccccc1C(=O)OCC(CC)S(=O)(=O)O. The minimum absolute atomic E-state index is 0.00935. The molecule has 0 aliphatic carbocycles. The lowest BCUT2D eigenvalue weighted by molar-refractivity contribution is 0.0452. The Morgan fingerprint density at radius 2 is 1.05 bits per heavy atom. The first-order valence-electron chi connectivity index (χ1n) is 15.2. The van der Waals surface area contributed by atoms with Crippen LogP contribution in [-0.2, 0) is 19.6 Å². The second-order valence-electron chi connectivity index (χ2n) is 10.5. The Morgan fingerprint density at radius 3 is 1.44 bits per heavy atom. The van der Waals surface area contributed by atoms with Gasteiger partial charge in [0.2, 0.25) is 0 Å². The number of ether oxygens (including phenoxy) is 2. The van der Waals surface area contributed by atoms with Crippen molar-refractivity contribution in [3.63, 3.8) is 0 Å². The van der Waals surface area contributed by atoms with Crippen LogP contribution in [0.3, 0.4) is 0 Å². The van der Waals surface area contributed by atoms with Gasteiger partial charge in [-0.15, -0.1) is 0 Å². The molecule has 1 aromatic carbocycles. The lowest BCUT2D eigenvalue weighted by Crippen LogP contribution is -2.27. The molecule has 1 rings (SSSR count). The van der Waals surface area contributed by atoms with Crippen LogP contribution in [0.4, 0.5) is 0 Å². The summed E-state index contributed by atoms with van der Waals surface area (Å²) in [5.74, 6) is -1.44. The Morgan fingerprint density at radius 1 is 0.667 bits per heavy atom. The van der Waals surface area contributed by atoms with E-state index in [2.05, 4.69) is 6.92 Å². The van der Waals surface area contributed by atoms with Crippen molar-refractivity contribution in [3.05, 3.63) is 35.4 Å². The number of rotatable bonds is 24. The number of unbranched alkanes of at least 4 members (excludes halogenated alkanes) is 16. The number of hydrogen-bond donors (Lipinski definition) is 1. The summed E-state index contributed by atoms with van der Waals surface area (Å²) < 4.78 is 42.2. The van der Waals surface area contributed by atoms with Crippen molar-refractivity contribution in [1.82, 2.24) is 0 Å². The average Bonchev–Trinajstić information content (AvgIpc) is 2.91. The van der Waals surface area contributed by atoms with Gasteiger partial charge in [0.1, 0.15) is 11.9 Å². The van der Waals surface area contributed by atoms with Gasteiger partial charge < -0.3 is 9.47 Å². The molecule has 7 nitrogen and oxygen atoms in total. The molecule has 0 bridgehead atoms. The fourth-order valence-corrected chi connectivity index (χ4v) is 5.23. The predicted molar refractivity (Wildman–Crippen MR) is 157 cm³/mol. The molecule has 1 N–H and O–H groups in total. The molecule has 224 valence electrons. The molecule has 0 saturated heterocycles. The molecule has 0 aliphatic rings. The highest BCUT2D eigenvalue weighted by Crippen LogP contribution is 2.16. The van der Waals surface area contributed by atoms with Crippen LogP contribution in [-0.4, -0.2) is 43.4 Å². The Hall–Kier alpha value is -1.93. The average molecular weight is 569 g/mol. The second-order valence-corrected chi connectivity index (χ2v) is 12.2. The molecule has 39 heavy (non-hydrogen) atoms. The summed E-state index contributed by atoms with van der Waals surface area (Å²) in [5.41, 5.74) is 0.0875. The topological polar surface area (TPSA) is 107 Å². The maximum absolute atomic E-state index is 12.5. The lowest BCUT2D eigenvalue weighted by Gasteiger charge is -2.13. The fraction of sp³-hybridized carbons (Fsp3) is 0.742. The summed E-state index contributed by atoms with van der Waals surface area (Å²) in [7, 11) is -4.32. The predicted octanol–water partition coefficient (Wildman–Crippen LogP) is 8.32. The van der Waals surface area contributed by atoms with E-state index in [-0.39, 0.29) is 24.2 Å². The van der Waals surface area contributed by atoms with E-state index < -0.39 is 33.9 Å². The summed E-state index contributed by atoms with van der Waals surface area (Å²) in [5, 5.41) is -1.21. The highest BCUT2D eigenvalue weighted by molar-refractivity contribution is 7.86. The molecule has 0 aromatic heterocycles. The molecule has 0 aliphatic heterocycles. The highest BCUT2D eigenvalue weighted by Gasteiger charge is 2.25. The molecule has 0 radical (unpaired) electrons. The summed E-state index contributed by atoms with van der Waals surface area (Å²) in [6.07, 6.45) is 21.8. The van der Waals surface area contributed by atoms with Gasteiger partial charge in [0.15, 0.2) is 0 Å². The van der Waals surface area contributed by atoms with E-state index in [0.29, 0.717) is 0 Å². The fourth-order valence-electron chi connectivity index (χ4n) is 4.57. The molecular formula is C31H52O7S. The number of esters is 2. The molecule has 0 amide bonds. The van der Waals surface area contributed by atoms with Gasteiger partial charge in [-0.3, -0.25) is 4.55 Å². The van der Waals surface area contributed by atoms with Gasteiger partial charge in [0, 0.05) is 0 Å². The Bertz CT molecular complexity index is 898. The molecule has 8 heteroatoms. The van der Waals surface area contributed by atoms with Crippen LogP contribution < -0.4 is 0 Å². The van der Waals surface area contributed by atoms with Crippen molar-refractivity contribution in [2.75, 3.05) is 13.2 Å². The van der Waals surface area contributed by atoms with E-state index in [0.717, 1.165) is 19.3 Å². The van der Waals surface area contributed by atoms with E-state index in [4.69, 9.17) is 9.47 Å². The minimum atomic E-state index is -4.32. The summed E-state index contributed by atoms with van der Waals surface area (Å²) in [6, 6.07) is 6.12. The monoisotopic (exact) mass is 568 g/mol. The molecule has 1 aromatic rings. The van der Waals surface area contributed by atoms with E-state index in [1.807, 2.05) is 0 Å². The van der Waals surface area contributed by atoms with Crippen molar-refractivity contribution in [1.29, 1.82) is 0 Å². The van der Waals surface area contributed by atoms with Gasteiger partial charge in [-0.2, -0.15) is 8.42 Å². The Labute approximate surface area is 237 Å². The van der Waals surface area contributed by atoms with Crippen LogP contribution >= 0.6 is 0 Å². The van der Waals surface area contributed by atoms with Crippen molar-refractivity contribution < 1.29 is 32.0 Å². The maximum Gasteiger partial charge on any atom is 0.339 e. The van der Waals surface area contributed by atoms with Crippen LogP contribution in [0.2, 0.25) is 0 Å². The number of benzene rings is 1. The normalized spacial score (nSPS) is 12.3. The number of hydrogen-bond acceptors (Lipinski definition) is 6. The summed E-state index contributed by atoms with van der Waals surface area (Å²) in [4.78, 5) is 25.0. The summed E-state index contributed by atoms with van der Waals surface area (Å²) in [6.45, 7) is 3.62. The molecule has 0 fully saturated rings.